The number of piperazine rings is 1. The normalized spacial score (nSPS) is 15.6. The van der Waals surface area contributed by atoms with Gasteiger partial charge in [-0.3, -0.25) is 4.90 Å². The van der Waals surface area contributed by atoms with Crippen molar-refractivity contribution in [3.63, 3.8) is 0 Å². The van der Waals surface area contributed by atoms with E-state index in [4.69, 9.17) is 22.1 Å². The SMILES string of the molecule is CCCN1CCN(c2ncc(S(=O)(=O)c3ccc(OC)c(Cl)c3)c(N)n2)CC1. The minimum absolute atomic E-state index is 0.00882. The molecule has 8 nitrogen and oxygen atoms in total. The van der Waals surface area contributed by atoms with Crippen molar-refractivity contribution in [2.24, 2.45) is 0 Å². The summed E-state index contributed by atoms with van der Waals surface area (Å²) in [5.74, 6) is 0.760. The topological polar surface area (TPSA) is 102 Å². The highest BCUT2D eigenvalue weighted by Gasteiger charge is 2.25. The van der Waals surface area contributed by atoms with Gasteiger partial charge in [0.25, 0.3) is 0 Å². The molecule has 0 spiro atoms. The molecule has 3 rings (SSSR count). The average molecular weight is 426 g/mol. The maximum Gasteiger partial charge on any atom is 0.227 e. The lowest BCUT2D eigenvalue weighted by Crippen LogP contribution is -2.47. The molecule has 2 N–H and O–H groups in total. The maximum atomic E-state index is 12.9. The molecule has 1 aromatic heterocycles. The minimum Gasteiger partial charge on any atom is -0.495 e. The lowest BCUT2D eigenvalue weighted by Gasteiger charge is -2.34. The van der Waals surface area contributed by atoms with Gasteiger partial charge in [0.1, 0.15) is 16.5 Å². The van der Waals surface area contributed by atoms with Gasteiger partial charge in [-0.15, -0.1) is 0 Å². The predicted octanol–water partition coefficient (Wildman–Crippen LogP) is 2.09. The summed E-state index contributed by atoms with van der Waals surface area (Å²) < 4.78 is 30.9. The van der Waals surface area contributed by atoms with Crippen LogP contribution >= 0.6 is 11.6 Å². The van der Waals surface area contributed by atoms with Crippen molar-refractivity contribution >= 4 is 33.2 Å². The minimum atomic E-state index is -3.90. The molecule has 2 aromatic rings. The molecule has 0 radical (unpaired) electrons. The first-order valence-electron chi connectivity index (χ1n) is 9.05. The summed E-state index contributed by atoms with van der Waals surface area (Å²) in [5, 5.41) is 0.199. The van der Waals surface area contributed by atoms with Crippen LogP contribution in [0.25, 0.3) is 0 Å². The molecule has 28 heavy (non-hydrogen) atoms. The number of anilines is 2. The number of rotatable bonds is 6. The number of ether oxygens (including phenoxy) is 1. The van der Waals surface area contributed by atoms with Crippen LogP contribution in [0.4, 0.5) is 11.8 Å². The smallest absolute Gasteiger partial charge is 0.227 e. The van der Waals surface area contributed by atoms with Gasteiger partial charge in [-0.05, 0) is 31.2 Å². The second-order valence-electron chi connectivity index (χ2n) is 6.55. The number of sulfone groups is 1. The summed E-state index contributed by atoms with van der Waals surface area (Å²) in [7, 11) is -2.44. The zero-order valence-electron chi connectivity index (χ0n) is 15.9. The highest BCUT2D eigenvalue weighted by atomic mass is 35.5. The van der Waals surface area contributed by atoms with E-state index in [9.17, 15) is 8.42 Å². The summed E-state index contributed by atoms with van der Waals surface area (Å²) >= 11 is 6.06. The Morgan fingerprint density at radius 2 is 1.96 bits per heavy atom. The first kappa shape index (κ1) is 20.6. The number of hydrogen-bond acceptors (Lipinski definition) is 8. The first-order chi connectivity index (χ1) is 13.4. The molecule has 0 unspecified atom stereocenters. The molecule has 1 saturated heterocycles. The van der Waals surface area contributed by atoms with Gasteiger partial charge >= 0.3 is 0 Å². The van der Waals surface area contributed by atoms with Crippen LogP contribution in [-0.4, -0.2) is 63.1 Å². The highest BCUT2D eigenvalue weighted by molar-refractivity contribution is 7.91. The van der Waals surface area contributed by atoms with E-state index in [0.717, 1.165) is 39.1 Å². The van der Waals surface area contributed by atoms with E-state index in [-0.39, 0.29) is 20.6 Å². The van der Waals surface area contributed by atoms with Gasteiger partial charge < -0.3 is 15.4 Å². The van der Waals surface area contributed by atoms with Crippen LogP contribution in [0.15, 0.2) is 34.2 Å². The van der Waals surface area contributed by atoms with Crippen molar-refractivity contribution in [2.45, 2.75) is 23.1 Å². The Labute approximate surface area is 170 Å². The number of hydrogen-bond donors (Lipinski definition) is 1. The molecule has 0 saturated carbocycles. The standard InChI is InChI=1S/C18H24ClN5O3S/c1-3-6-23-7-9-24(10-8-23)18-21-12-16(17(20)22-18)28(25,26)13-4-5-15(27-2)14(19)11-13/h4-5,11-12H,3,6-10H2,1-2H3,(H2,20,21,22). The van der Waals surface area contributed by atoms with Crippen LogP contribution in [0.2, 0.25) is 5.02 Å². The molecule has 0 bridgehead atoms. The number of nitrogens with two attached hydrogens (primary N) is 1. The van der Waals surface area contributed by atoms with E-state index in [2.05, 4.69) is 21.8 Å². The number of aromatic nitrogens is 2. The zero-order valence-corrected chi connectivity index (χ0v) is 17.5. The number of halogens is 1. The van der Waals surface area contributed by atoms with E-state index in [1.807, 2.05) is 4.90 Å². The second kappa shape index (κ2) is 8.50. The zero-order chi connectivity index (χ0) is 20.3. The van der Waals surface area contributed by atoms with Gasteiger partial charge in [0, 0.05) is 26.2 Å². The molecular weight excluding hydrogens is 402 g/mol. The summed E-state index contributed by atoms with van der Waals surface area (Å²) in [6, 6.07) is 4.24. The van der Waals surface area contributed by atoms with E-state index in [1.165, 1.54) is 31.5 Å². The number of nitrogen functional groups attached to an aromatic ring is 1. The fourth-order valence-electron chi connectivity index (χ4n) is 3.16. The molecule has 2 heterocycles. The molecule has 0 atom stereocenters. The quantitative estimate of drug-likeness (QED) is 0.750. The van der Waals surface area contributed by atoms with Gasteiger partial charge in [-0.1, -0.05) is 18.5 Å². The lowest BCUT2D eigenvalue weighted by atomic mass is 10.3. The van der Waals surface area contributed by atoms with E-state index in [1.54, 1.807) is 0 Å². The largest absolute Gasteiger partial charge is 0.495 e. The molecule has 1 fully saturated rings. The number of benzene rings is 1. The molecule has 1 aliphatic rings. The summed E-state index contributed by atoms with van der Waals surface area (Å²) in [4.78, 5) is 12.8. The Morgan fingerprint density at radius 3 is 2.54 bits per heavy atom. The Morgan fingerprint density at radius 1 is 1.25 bits per heavy atom. The first-order valence-corrected chi connectivity index (χ1v) is 10.9. The Bertz CT molecular complexity index is 946. The maximum absolute atomic E-state index is 12.9. The molecule has 10 heteroatoms. The number of nitrogens with zero attached hydrogens (tertiary/aromatic N) is 4. The lowest BCUT2D eigenvalue weighted by molar-refractivity contribution is 0.257. The van der Waals surface area contributed by atoms with Crippen LogP contribution in [0.1, 0.15) is 13.3 Å². The van der Waals surface area contributed by atoms with E-state index >= 15 is 0 Å². The van der Waals surface area contributed by atoms with Crippen molar-refractivity contribution in [2.75, 3.05) is 50.5 Å². The average Bonchev–Trinajstić information content (AvgIpc) is 2.68. The monoisotopic (exact) mass is 425 g/mol. The predicted molar refractivity (Wildman–Crippen MR) is 109 cm³/mol. The second-order valence-corrected chi connectivity index (χ2v) is 8.87. The summed E-state index contributed by atoms with van der Waals surface area (Å²) in [6.45, 7) is 6.62. The van der Waals surface area contributed by atoms with Crippen molar-refractivity contribution in [1.29, 1.82) is 0 Å². The van der Waals surface area contributed by atoms with Crippen LogP contribution in [0.5, 0.6) is 5.75 Å². The fourth-order valence-corrected chi connectivity index (χ4v) is 4.77. The van der Waals surface area contributed by atoms with Gasteiger partial charge in [0.2, 0.25) is 15.8 Å². The van der Waals surface area contributed by atoms with Crippen molar-refractivity contribution in [3.8, 4) is 5.75 Å². The van der Waals surface area contributed by atoms with Gasteiger partial charge in [-0.2, -0.15) is 4.98 Å². The fraction of sp³-hybridized carbons (Fsp3) is 0.444. The molecule has 1 aliphatic heterocycles. The van der Waals surface area contributed by atoms with Crippen molar-refractivity contribution in [1.82, 2.24) is 14.9 Å². The Balaban J connectivity index is 1.83. The third-order valence-electron chi connectivity index (χ3n) is 4.69. The van der Waals surface area contributed by atoms with E-state index < -0.39 is 9.84 Å². The highest BCUT2D eigenvalue weighted by Crippen LogP contribution is 2.31. The van der Waals surface area contributed by atoms with Gasteiger partial charge in [0.05, 0.1) is 23.2 Å². The molecular formula is C18H24ClN5O3S. The molecule has 1 aromatic carbocycles. The molecule has 0 amide bonds. The van der Waals surface area contributed by atoms with Gasteiger partial charge in [-0.25, -0.2) is 13.4 Å². The third-order valence-corrected chi connectivity index (χ3v) is 6.75. The van der Waals surface area contributed by atoms with Crippen LogP contribution in [0.3, 0.4) is 0 Å². The van der Waals surface area contributed by atoms with Crippen molar-refractivity contribution < 1.29 is 13.2 Å². The number of methoxy groups -OCH3 is 1. The molecule has 152 valence electrons. The van der Waals surface area contributed by atoms with Crippen LogP contribution in [-0.2, 0) is 9.84 Å². The van der Waals surface area contributed by atoms with Crippen molar-refractivity contribution in [3.05, 3.63) is 29.4 Å². The third kappa shape index (κ3) is 4.16. The van der Waals surface area contributed by atoms with Gasteiger partial charge in [0.15, 0.2) is 0 Å². The van der Waals surface area contributed by atoms with Crippen LogP contribution < -0.4 is 15.4 Å². The summed E-state index contributed by atoms with van der Waals surface area (Å²) in [5.41, 5.74) is 6.00. The molecule has 0 aliphatic carbocycles. The van der Waals surface area contributed by atoms with Crippen LogP contribution in [0, 0.1) is 0 Å². The Kier molecular flexibility index (Phi) is 6.26. The van der Waals surface area contributed by atoms with E-state index in [0.29, 0.717) is 11.7 Å². The Hall–Kier alpha value is -2.10. The summed E-state index contributed by atoms with van der Waals surface area (Å²) in [6.07, 6.45) is 2.38.